The number of nitrogens with one attached hydrogen (secondary N) is 4. The number of hydrogen-bond donors (Lipinski definition) is 4. The molecule has 12 heteroatoms. The van der Waals surface area contributed by atoms with Crippen LogP contribution in [0.25, 0.3) is 0 Å². The van der Waals surface area contributed by atoms with Crippen LogP contribution in [0.5, 0.6) is 0 Å². The minimum Gasteiger partial charge on any atom is -0.467 e. The van der Waals surface area contributed by atoms with Crippen molar-refractivity contribution in [3.8, 4) is 0 Å². The SMILES string of the molecule is COC(=O)[C@H](CCCCNC(=O)c1csc(NC(=O)NCc2ccccc2)n1)NC(=O)OC(C)(C)C. The number of nitrogens with zero attached hydrogens (tertiary/aromatic N) is 1. The molecule has 0 aliphatic carbocycles. The predicted molar refractivity (Wildman–Crippen MR) is 136 cm³/mol. The summed E-state index contributed by atoms with van der Waals surface area (Å²) < 4.78 is 9.92. The second-order valence-electron chi connectivity index (χ2n) is 8.80. The number of ether oxygens (including phenoxy) is 2. The van der Waals surface area contributed by atoms with Gasteiger partial charge in [-0.2, -0.15) is 0 Å². The van der Waals surface area contributed by atoms with Crippen LogP contribution in [0.3, 0.4) is 0 Å². The fourth-order valence-electron chi connectivity index (χ4n) is 2.96. The van der Waals surface area contributed by atoms with Crippen molar-refractivity contribution < 1.29 is 28.7 Å². The first-order valence-electron chi connectivity index (χ1n) is 11.5. The zero-order valence-electron chi connectivity index (χ0n) is 20.9. The molecule has 0 saturated carbocycles. The Balaban J connectivity index is 1.70. The molecule has 0 bridgehead atoms. The molecule has 1 atom stereocenters. The van der Waals surface area contributed by atoms with Gasteiger partial charge in [-0.3, -0.25) is 10.1 Å². The van der Waals surface area contributed by atoms with Crippen LogP contribution in [-0.4, -0.2) is 54.3 Å². The van der Waals surface area contributed by atoms with Gasteiger partial charge in [0.1, 0.15) is 17.3 Å². The maximum absolute atomic E-state index is 12.3. The number of unbranched alkanes of at least 4 members (excludes halogenated alkanes) is 1. The summed E-state index contributed by atoms with van der Waals surface area (Å²) in [6.07, 6.45) is 0.728. The van der Waals surface area contributed by atoms with Crippen molar-refractivity contribution in [3.63, 3.8) is 0 Å². The van der Waals surface area contributed by atoms with Crippen molar-refractivity contribution in [1.29, 1.82) is 0 Å². The van der Waals surface area contributed by atoms with E-state index in [4.69, 9.17) is 9.47 Å². The Kier molecular flexibility index (Phi) is 11.1. The molecule has 196 valence electrons. The molecule has 0 aliphatic rings. The van der Waals surface area contributed by atoms with Gasteiger partial charge in [0.25, 0.3) is 5.91 Å². The average Bonchev–Trinajstić information content (AvgIpc) is 3.29. The van der Waals surface area contributed by atoms with Crippen molar-refractivity contribution >= 4 is 40.5 Å². The summed E-state index contributed by atoms with van der Waals surface area (Å²) in [5.41, 5.74) is 0.467. The van der Waals surface area contributed by atoms with E-state index in [1.807, 2.05) is 30.3 Å². The van der Waals surface area contributed by atoms with Crippen molar-refractivity contribution in [2.24, 2.45) is 0 Å². The number of methoxy groups -OCH3 is 1. The number of urea groups is 1. The van der Waals surface area contributed by atoms with Gasteiger partial charge in [-0.05, 0) is 45.6 Å². The Morgan fingerprint density at radius 1 is 1.06 bits per heavy atom. The Morgan fingerprint density at radius 3 is 2.44 bits per heavy atom. The summed E-state index contributed by atoms with van der Waals surface area (Å²) in [6.45, 7) is 5.90. The minimum absolute atomic E-state index is 0.192. The Morgan fingerprint density at radius 2 is 1.78 bits per heavy atom. The summed E-state index contributed by atoms with van der Waals surface area (Å²) in [7, 11) is 1.25. The zero-order valence-corrected chi connectivity index (χ0v) is 21.7. The lowest BCUT2D eigenvalue weighted by molar-refractivity contribution is -0.143. The summed E-state index contributed by atoms with van der Waals surface area (Å²) in [5.74, 6) is -0.944. The van der Waals surface area contributed by atoms with Crippen LogP contribution >= 0.6 is 11.3 Å². The lowest BCUT2D eigenvalue weighted by Crippen LogP contribution is -2.44. The number of benzene rings is 1. The molecule has 0 unspecified atom stereocenters. The monoisotopic (exact) mass is 519 g/mol. The van der Waals surface area contributed by atoms with E-state index in [-0.39, 0.29) is 11.6 Å². The van der Waals surface area contributed by atoms with E-state index < -0.39 is 29.7 Å². The first kappa shape index (κ1) is 28.6. The molecular weight excluding hydrogens is 486 g/mol. The van der Waals surface area contributed by atoms with Crippen LogP contribution in [0.15, 0.2) is 35.7 Å². The van der Waals surface area contributed by atoms with E-state index in [0.29, 0.717) is 37.5 Å². The van der Waals surface area contributed by atoms with Crippen molar-refractivity contribution in [1.82, 2.24) is 20.9 Å². The second kappa shape index (κ2) is 14.0. The van der Waals surface area contributed by atoms with Gasteiger partial charge in [0.15, 0.2) is 5.13 Å². The van der Waals surface area contributed by atoms with Gasteiger partial charge in [-0.15, -0.1) is 11.3 Å². The number of rotatable bonds is 11. The number of carbonyl (C=O) groups is 4. The smallest absolute Gasteiger partial charge is 0.408 e. The number of esters is 1. The molecule has 4 N–H and O–H groups in total. The standard InChI is InChI=1S/C24H33N5O6S/c1-24(2,3)35-23(33)28-17(20(31)34-4)12-8-9-13-25-19(30)18-15-36-22(27-18)29-21(32)26-14-16-10-6-5-7-11-16/h5-7,10-11,15,17H,8-9,12-14H2,1-4H3,(H,25,30)(H,28,33)(H2,26,27,29,32)/t17-/m0/s1. The largest absolute Gasteiger partial charge is 0.467 e. The topological polar surface area (TPSA) is 148 Å². The molecule has 1 heterocycles. The highest BCUT2D eigenvalue weighted by Gasteiger charge is 2.24. The first-order valence-corrected chi connectivity index (χ1v) is 12.3. The van der Waals surface area contributed by atoms with E-state index in [1.54, 1.807) is 26.2 Å². The van der Waals surface area contributed by atoms with E-state index >= 15 is 0 Å². The highest BCUT2D eigenvalue weighted by atomic mass is 32.1. The number of amides is 4. The minimum atomic E-state index is -0.847. The van der Waals surface area contributed by atoms with Gasteiger partial charge in [-0.1, -0.05) is 30.3 Å². The normalized spacial score (nSPS) is 11.7. The number of hydrogen-bond acceptors (Lipinski definition) is 8. The van der Waals surface area contributed by atoms with Crippen molar-refractivity contribution in [2.45, 2.75) is 58.2 Å². The predicted octanol–water partition coefficient (Wildman–Crippen LogP) is 3.43. The summed E-state index contributed by atoms with van der Waals surface area (Å²) in [5, 5.41) is 12.5. The molecule has 36 heavy (non-hydrogen) atoms. The van der Waals surface area contributed by atoms with Gasteiger partial charge in [0.05, 0.1) is 7.11 Å². The van der Waals surface area contributed by atoms with Crippen LogP contribution in [0.1, 0.15) is 56.1 Å². The van der Waals surface area contributed by atoms with Gasteiger partial charge in [-0.25, -0.2) is 19.4 Å². The third-order valence-corrected chi connectivity index (χ3v) is 5.39. The lowest BCUT2D eigenvalue weighted by atomic mass is 10.1. The fourth-order valence-corrected chi connectivity index (χ4v) is 3.65. The molecule has 1 aromatic carbocycles. The molecule has 11 nitrogen and oxygen atoms in total. The van der Waals surface area contributed by atoms with E-state index in [2.05, 4.69) is 26.3 Å². The lowest BCUT2D eigenvalue weighted by Gasteiger charge is -2.22. The van der Waals surface area contributed by atoms with Crippen LogP contribution in [0, 0.1) is 0 Å². The van der Waals surface area contributed by atoms with Crippen LogP contribution in [0.4, 0.5) is 14.7 Å². The van der Waals surface area contributed by atoms with Gasteiger partial charge in [0.2, 0.25) is 0 Å². The number of carbonyl (C=O) groups excluding carboxylic acids is 4. The maximum atomic E-state index is 12.3. The Bertz CT molecular complexity index is 1020. The molecule has 0 aliphatic heterocycles. The van der Waals surface area contributed by atoms with Crippen molar-refractivity contribution in [2.75, 3.05) is 19.0 Å². The maximum Gasteiger partial charge on any atom is 0.408 e. The molecule has 0 saturated heterocycles. The quantitative estimate of drug-likeness (QED) is 0.263. The van der Waals surface area contributed by atoms with Crippen LogP contribution in [0.2, 0.25) is 0 Å². The average molecular weight is 520 g/mol. The summed E-state index contributed by atoms with van der Waals surface area (Å²) in [6, 6.07) is 8.21. The molecule has 0 radical (unpaired) electrons. The third kappa shape index (κ3) is 10.7. The third-order valence-electron chi connectivity index (χ3n) is 4.63. The zero-order chi connectivity index (χ0) is 26.6. The van der Waals surface area contributed by atoms with Crippen LogP contribution in [-0.2, 0) is 20.8 Å². The number of anilines is 1. The Labute approximate surface area is 214 Å². The van der Waals surface area contributed by atoms with Gasteiger partial charge >= 0.3 is 18.1 Å². The summed E-state index contributed by atoms with van der Waals surface area (Å²) in [4.78, 5) is 52.4. The fraction of sp³-hybridized carbons (Fsp3) is 0.458. The van der Waals surface area contributed by atoms with Crippen molar-refractivity contribution in [3.05, 3.63) is 47.0 Å². The number of aromatic nitrogens is 1. The molecule has 2 aromatic rings. The number of alkyl carbamates (subject to hydrolysis) is 1. The van der Waals surface area contributed by atoms with E-state index in [0.717, 1.165) is 16.9 Å². The van der Waals surface area contributed by atoms with Crippen LogP contribution < -0.4 is 21.3 Å². The second-order valence-corrected chi connectivity index (χ2v) is 9.66. The molecule has 2 rings (SSSR count). The summed E-state index contributed by atoms with van der Waals surface area (Å²) >= 11 is 1.14. The van der Waals surface area contributed by atoms with Gasteiger partial charge < -0.3 is 25.4 Å². The first-order chi connectivity index (χ1) is 17.1. The Hall–Kier alpha value is -3.67. The molecule has 0 fully saturated rings. The van der Waals surface area contributed by atoms with E-state index in [1.165, 1.54) is 7.11 Å². The highest BCUT2D eigenvalue weighted by molar-refractivity contribution is 7.14. The molecule has 0 spiro atoms. The van der Waals surface area contributed by atoms with E-state index in [9.17, 15) is 19.2 Å². The van der Waals surface area contributed by atoms with Gasteiger partial charge in [0, 0.05) is 18.5 Å². The molecule has 4 amide bonds. The molecule has 1 aromatic heterocycles. The highest BCUT2D eigenvalue weighted by Crippen LogP contribution is 2.15. The number of thiazole rings is 1. The molecular formula is C24H33N5O6S.